The predicted octanol–water partition coefficient (Wildman–Crippen LogP) is 2.63. The Morgan fingerprint density at radius 3 is 2.44 bits per heavy atom. The molecule has 0 saturated heterocycles. The number of ether oxygens (including phenoxy) is 1. The van der Waals surface area contributed by atoms with Crippen molar-refractivity contribution >= 4 is 39.1 Å². The molecule has 10 heteroatoms. The van der Waals surface area contributed by atoms with Crippen molar-refractivity contribution in [1.82, 2.24) is 14.7 Å². The minimum Gasteiger partial charge on any atom is -0.494 e. The molecule has 0 radical (unpaired) electrons. The first kappa shape index (κ1) is 17.7. The third-order valence-electron chi connectivity index (χ3n) is 4.12. The molecule has 0 spiro atoms. The van der Waals surface area contributed by atoms with Crippen LogP contribution in [0.3, 0.4) is 0 Å². The first-order chi connectivity index (χ1) is 13.0. The normalized spacial score (nSPS) is 13.3. The van der Waals surface area contributed by atoms with Gasteiger partial charge in [0.05, 0.1) is 29.3 Å². The lowest BCUT2D eigenvalue weighted by molar-refractivity contribution is 0.0646. The number of imide groups is 1. The summed E-state index contributed by atoms with van der Waals surface area (Å²) in [6, 6.07) is 6.62. The number of aromatic nitrogens is 2. The second-order valence-electron chi connectivity index (χ2n) is 5.65. The Morgan fingerprint density at radius 1 is 1.15 bits per heavy atom. The van der Waals surface area contributed by atoms with E-state index in [0.717, 1.165) is 14.1 Å². The smallest absolute Gasteiger partial charge is 0.437 e. The quantitative estimate of drug-likeness (QED) is 0.555. The van der Waals surface area contributed by atoms with Gasteiger partial charge in [-0.1, -0.05) is 12.1 Å². The summed E-state index contributed by atoms with van der Waals surface area (Å²) in [7, 11) is 1.51. The molecule has 0 unspecified atom stereocenters. The van der Waals surface area contributed by atoms with Crippen LogP contribution in [0.4, 0.5) is 0 Å². The summed E-state index contributed by atoms with van der Waals surface area (Å²) in [4.78, 5) is 38.5. The third kappa shape index (κ3) is 2.90. The second-order valence-corrected chi connectivity index (χ2v) is 7.38. The number of amides is 2. The number of nitrogens with zero attached hydrogens (tertiary/aromatic N) is 3. The van der Waals surface area contributed by atoms with Gasteiger partial charge in [-0.15, -0.1) is 16.4 Å². The molecule has 1 aliphatic heterocycles. The van der Waals surface area contributed by atoms with Gasteiger partial charge < -0.3 is 9.15 Å². The van der Waals surface area contributed by atoms with Crippen LogP contribution >= 0.6 is 27.3 Å². The molecule has 2 amide bonds. The highest BCUT2D eigenvalue weighted by atomic mass is 79.9. The molecule has 3 heterocycles. The minimum atomic E-state index is -0.673. The molecule has 1 aromatic carbocycles. The second kappa shape index (κ2) is 6.78. The average Bonchev–Trinajstić information content (AvgIpc) is 3.29. The number of rotatable bonds is 5. The lowest BCUT2D eigenvalue weighted by atomic mass is 10.1. The van der Waals surface area contributed by atoms with Crippen molar-refractivity contribution in [3.8, 4) is 16.5 Å². The van der Waals surface area contributed by atoms with E-state index < -0.39 is 5.76 Å². The van der Waals surface area contributed by atoms with Crippen molar-refractivity contribution < 1.29 is 18.7 Å². The molecule has 0 fully saturated rings. The molecule has 27 heavy (non-hydrogen) atoms. The van der Waals surface area contributed by atoms with E-state index in [4.69, 9.17) is 9.15 Å². The first-order valence-electron chi connectivity index (χ1n) is 7.85. The highest BCUT2D eigenvalue weighted by Crippen LogP contribution is 2.40. The summed E-state index contributed by atoms with van der Waals surface area (Å²) in [5.41, 5.74) is 0.729. The summed E-state index contributed by atoms with van der Waals surface area (Å²) >= 11 is 4.66. The van der Waals surface area contributed by atoms with Gasteiger partial charge in [-0.2, -0.15) is 4.68 Å². The molecular formula is C17H12BrN3O5S. The predicted molar refractivity (Wildman–Crippen MR) is 100 cm³/mol. The number of benzene rings is 1. The van der Waals surface area contributed by atoms with Crippen LogP contribution in [0.2, 0.25) is 0 Å². The fourth-order valence-corrected chi connectivity index (χ4v) is 4.42. The number of hydrogen-bond acceptors (Lipinski definition) is 7. The van der Waals surface area contributed by atoms with E-state index in [1.54, 1.807) is 29.6 Å². The average molecular weight is 450 g/mol. The van der Waals surface area contributed by atoms with Gasteiger partial charge in [0.2, 0.25) is 0 Å². The van der Waals surface area contributed by atoms with Crippen molar-refractivity contribution in [2.75, 3.05) is 13.7 Å². The van der Waals surface area contributed by atoms with Crippen LogP contribution in [-0.2, 0) is 6.54 Å². The van der Waals surface area contributed by atoms with Crippen LogP contribution in [0.5, 0.6) is 5.75 Å². The summed E-state index contributed by atoms with van der Waals surface area (Å²) < 4.78 is 12.3. The van der Waals surface area contributed by atoms with E-state index in [9.17, 15) is 14.4 Å². The van der Waals surface area contributed by atoms with Crippen LogP contribution in [0.1, 0.15) is 20.7 Å². The Kier molecular flexibility index (Phi) is 4.44. The van der Waals surface area contributed by atoms with E-state index >= 15 is 0 Å². The summed E-state index contributed by atoms with van der Waals surface area (Å²) in [6.45, 7) is 0.0478. The summed E-state index contributed by atoms with van der Waals surface area (Å²) in [6.07, 6.45) is 0. The van der Waals surface area contributed by atoms with Crippen molar-refractivity contribution in [2.24, 2.45) is 0 Å². The van der Waals surface area contributed by atoms with Crippen LogP contribution in [0, 0.1) is 0 Å². The zero-order valence-electron chi connectivity index (χ0n) is 14.0. The van der Waals surface area contributed by atoms with Gasteiger partial charge in [-0.25, -0.2) is 4.79 Å². The van der Waals surface area contributed by atoms with Crippen molar-refractivity contribution in [1.29, 1.82) is 0 Å². The number of methoxy groups -OCH3 is 1. The maximum absolute atomic E-state index is 12.4. The zero-order valence-corrected chi connectivity index (χ0v) is 16.4. The van der Waals surface area contributed by atoms with Gasteiger partial charge >= 0.3 is 5.76 Å². The van der Waals surface area contributed by atoms with Gasteiger partial charge in [0.1, 0.15) is 4.88 Å². The summed E-state index contributed by atoms with van der Waals surface area (Å²) in [5.74, 6) is -0.788. The minimum absolute atomic E-state index is 0.0174. The van der Waals surface area contributed by atoms with Gasteiger partial charge in [-0.3, -0.25) is 14.5 Å². The maximum atomic E-state index is 12.4. The fraction of sp³-hybridized carbons (Fsp3) is 0.176. The summed E-state index contributed by atoms with van der Waals surface area (Å²) in [5, 5.41) is 5.96. The molecule has 4 rings (SSSR count). The van der Waals surface area contributed by atoms with Gasteiger partial charge in [0.25, 0.3) is 17.7 Å². The number of fused-ring (bicyclic) bond motifs is 1. The zero-order chi connectivity index (χ0) is 19.1. The van der Waals surface area contributed by atoms with E-state index in [1.807, 2.05) is 0 Å². The standard InChI is InChI=1S/C17H12BrN3O5S/c1-25-12-11(18)8-27-13(12)14-19-21(17(24)26-14)7-6-20-15(22)9-4-2-3-5-10(9)16(20)23/h2-5,8H,6-7H2,1H3. The maximum Gasteiger partial charge on any atom is 0.437 e. The van der Waals surface area contributed by atoms with Gasteiger partial charge in [0, 0.05) is 11.9 Å². The van der Waals surface area contributed by atoms with Crippen LogP contribution in [0.25, 0.3) is 10.8 Å². The van der Waals surface area contributed by atoms with E-state index in [-0.39, 0.29) is 30.8 Å². The molecule has 3 aromatic rings. The Bertz CT molecular complexity index is 1080. The molecule has 0 bridgehead atoms. The first-order valence-corrected chi connectivity index (χ1v) is 9.53. The Balaban J connectivity index is 1.55. The van der Waals surface area contributed by atoms with Crippen molar-refractivity contribution in [3.05, 3.63) is 55.8 Å². The van der Waals surface area contributed by atoms with Crippen molar-refractivity contribution in [2.45, 2.75) is 6.54 Å². The molecule has 0 saturated carbocycles. The SMILES string of the molecule is COc1c(Br)csc1-c1nn(CCN2C(=O)c3ccccc3C2=O)c(=O)o1. The van der Waals surface area contributed by atoms with E-state index in [1.165, 1.54) is 18.4 Å². The highest BCUT2D eigenvalue weighted by Gasteiger charge is 2.35. The number of thiophene rings is 1. The fourth-order valence-electron chi connectivity index (χ4n) is 2.84. The molecular weight excluding hydrogens is 438 g/mol. The largest absolute Gasteiger partial charge is 0.494 e. The molecule has 138 valence electrons. The number of hydrogen-bond donors (Lipinski definition) is 0. The van der Waals surface area contributed by atoms with Gasteiger partial charge in [0.15, 0.2) is 5.75 Å². The van der Waals surface area contributed by atoms with Crippen molar-refractivity contribution in [3.63, 3.8) is 0 Å². The van der Waals surface area contributed by atoms with E-state index in [0.29, 0.717) is 21.8 Å². The van der Waals surface area contributed by atoms with Crippen LogP contribution in [0.15, 0.2) is 43.3 Å². The Labute approximate surface area is 165 Å². The number of carbonyl (C=O) groups is 2. The van der Waals surface area contributed by atoms with E-state index in [2.05, 4.69) is 21.0 Å². The molecule has 1 aliphatic rings. The molecule has 0 aliphatic carbocycles. The lowest BCUT2D eigenvalue weighted by Crippen LogP contribution is -2.34. The number of halogens is 1. The number of carbonyl (C=O) groups excluding carboxylic acids is 2. The molecule has 0 atom stereocenters. The molecule has 0 N–H and O–H groups in total. The topological polar surface area (TPSA) is 94.6 Å². The Morgan fingerprint density at radius 2 is 1.81 bits per heavy atom. The molecule has 8 nitrogen and oxygen atoms in total. The monoisotopic (exact) mass is 449 g/mol. The highest BCUT2D eigenvalue weighted by molar-refractivity contribution is 9.10. The van der Waals surface area contributed by atoms with Crippen LogP contribution < -0.4 is 10.5 Å². The molecule has 2 aromatic heterocycles. The van der Waals surface area contributed by atoms with Crippen LogP contribution in [-0.4, -0.2) is 40.1 Å². The third-order valence-corrected chi connectivity index (χ3v) is 5.96. The van der Waals surface area contributed by atoms with Gasteiger partial charge in [-0.05, 0) is 28.1 Å². The Hall–Kier alpha value is -2.72. The lowest BCUT2D eigenvalue weighted by Gasteiger charge is -2.12.